The summed E-state index contributed by atoms with van der Waals surface area (Å²) in [7, 11) is 0. The number of rotatable bonds is 5. The summed E-state index contributed by atoms with van der Waals surface area (Å²) < 4.78 is 43.3. The largest absolute Gasteiger partial charge is 0.452 e. The Labute approximate surface area is 145 Å². The molecule has 0 saturated carbocycles. The van der Waals surface area contributed by atoms with Gasteiger partial charge in [-0.15, -0.1) is 0 Å². The van der Waals surface area contributed by atoms with Gasteiger partial charge in [0.2, 0.25) is 0 Å². The van der Waals surface area contributed by atoms with Gasteiger partial charge in [0.25, 0.3) is 11.8 Å². The number of amides is 2. The van der Waals surface area contributed by atoms with Crippen molar-refractivity contribution in [1.29, 1.82) is 0 Å². The summed E-state index contributed by atoms with van der Waals surface area (Å²) in [5.74, 6) is -2.91. The summed E-state index contributed by atoms with van der Waals surface area (Å²) in [5.41, 5.74) is 3.43. The van der Waals surface area contributed by atoms with E-state index in [0.29, 0.717) is 0 Å². The molecule has 9 heteroatoms. The van der Waals surface area contributed by atoms with E-state index in [9.17, 15) is 27.6 Å². The maximum atomic E-state index is 12.9. The van der Waals surface area contributed by atoms with Crippen LogP contribution in [0.2, 0.25) is 0 Å². The van der Waals surface area contributed by atoms with Crippen molar-refractivity contribution in [2.75, 3.05) is 11.9 Å². The standard InChI is InChI=1S/C17H13F3N2O4/c18-17(19,20)12-7-3-1-5-10(12)16(25)26-9-14(23)22-13-8-4-2-6-11(13)15(21)24/h1-8H,9H2,(H2,21,24)(H,22,23). The van der Waals surface area contributed by atoms with Crippen LogP contribution in [0, 0.1) is 0 Å². The lowest BCUT2D eigenvalue weighted by Gasteiger charge is -2.12. The lowest BCUT2D eigenvalue weighted by Crippen LogP contribution is -2.24. The van der Waals surface area contributed by atoms with Crippen LogP contribution in [0.4, 0.5) is 18.9 Å². The summed E-state index contributed by atoms with van der Waals surface area (Å²) in [5, 5.41) is 2.30. The van der Waals surface area contributed by atoms with Crippen molar-refractivity contribution in [3.8, 4) is 0 Å². The van der Waals surface area contributed by atoms with Gasteiger partial charge in [0.05, 0.1) is 22.4 Å². The second kappa shape index (κ2) is 7.68. The van der Waals surface area contributed by atoms with Crippen molar-refractivity contribution in [2.45, 2.75) is 6.18 Å². The number of primary amides is 1. The number of carbonyl (C=O) groups is 3. The minimum atomic E-state index is -4.74. The van der Waals surface area contributed by atoms with Crippen LogP contribution in [0.1, 0.15) is 26.3 Å². The molecular weight excluding hydrogens is 353 g/mol. The molecule has 6 nitrogen and oxygen atoms in total. The minimum absolute atomic E-state index is 0.0367. The molecule has 0 saturated heterocycles. The molecule has 0 aromatic heterocycles. The third-order valence-corrected chi connectivity index (χ3v) is 3.25. The zero-order valence-electron chi connectivity index (χ0n) is 13.2. The molecule has 0 aliphatic heterocycles. The lowest BCUT2D eigenvalue weighted by molar-refractivity contribution is -0.138. The number of ether oxygens (including phenoxy) is 1. The van der Waals surface area contributed by atoms with E-state index in [4.69, 9.17) is 5.73 Å². The molecule has 0 unspecified atom stereocenters. The zero-order chi connectivity index (χ0) is 19.3. The van der Waals surface area contributed by atoms with Gasteiger partial charge in [-0.3, -0.25) is 9.59 Å². The predicted octanol–water partition coefficient (Wildman–Crippen LogP) is 2.60. The quantitative estimate of drug-likeness (QED) is 0.795. The average molecular weight is 366 g/mol. The summed E-state index contributed by atoms with van der Waals surface area (Å²) >= 11 is 0. The Hall–Kier alpha value is -3.36. The van der Waals surface area contributed by atoms with E-state index in [1.807, 2.05) is 0 Å². The summed E-state index contributed by atoms with van der Waals surface area (Å²) in [6.07, 6.45) is -4.74. The van der Waals surface area contributed by atoms with Crippen LogP contribution >= 0.6 is 0 Å². The number of anilines is 1. The number of halogens is 3. The fourth-order valence-corrected chi connectivity index (χ4v) is 2.11. The zero-order valence-corrected chi connectivity index (χ0v) is 13.2. The lowest BCUT2D eigenvalue weighted by atomic mass is 10.1. The number of carbonyl (C=O) groups excluding carboxylic acids is 3. The SMILES string of the molecule is NC(=O)c1ccccc1NC(=O)COC(=O)c1ccccc1C(F)(F)F. The first-order valence-corrected chi connectivity index (χ1v) is 7.22. The van der Waals surface area contributed by atoms with Gasteiger partial charge in [0.1, 0.15) is 0 Å². The molecule has 0 radical (unpaired) electrons. The van der Waals surface area contributed by atoms with Crippen LogP contribution in [-0.2, 0) is 15.7 Å². The van der Waals surface area contributed by atoms with E-state index >= 15 is 0 Å². The highest BCUT2D eigenvalue weighted by atomic mass is 19.4. The van der Waals surface area contributed by atoms with E-state index in [0.717, 1.165) is 18.2 Å². The highest BCUT2D eigenvalue weighted by molar-refractivity contribution is 6.03. The molecule has 0 spiro atoms. The predicted molar refractivity (Wildman–Crippen MR) is 85.3 cm³/mol. The van der Waals surface area contributed by atoms with Crippen LogP contribution in [0.15, 0.2) is 48.5 Å². The molecule has 2 aromatic rings. The van der Waals surface area contributed by atoms with E-state index in [-0.39, 0.29) is 11.3 Å². The summed E-state index contributed by atoms with van der Waals surface area (Å²) in [6.45, 7) is -0.835. The second-order valence-electron chi connectivity index (χ2n) is 5.08. The van der Waals surface area contributed by atoms with Crippen molar-refractivity contribution >= 4 is 23.5 Å². The van der Waals surface area contributed by atoms with Crippen molar-refractivity contribution < 1.29 is 32.3 Å². The molecule has 3 N–H and O–H groups in total. The Morgan fingerprint density at radius 1 is 0.962 bits per heavy atom. The molecule has 0 aliphatic rings. The number of nitrogens with one attached hydrogen (secondary N) is 1. The van der Waals surface area contributed by atoms with Gasteiger partial charge in [-0.2, -0.15) is 13.2 Å². The number of esters is 1. The highest BCUT2D eigenvalue weighted by Crippen LogP contribution is 2.32. The van der Waals surface area contributed by atoms with Gasteiger partial charge < -0.3 is 15.8 Å². The number of nitrogens with two attached hydrogens (primary N) is 1. The average Bonchev–Trinajstić information content (AvgIpc) is 2.59. The Kier molecular flexibility index (Phi) is 5.61. The molecule has 0 atom stereocenters. The maximum Gasteiger partial charge on any atom is 0.417 e. The number of alkyl halides is 3. The highest BCUT2D eigenvalue weighted by Gasteiger charge is 2.35. The van der Waals surface area contributed by atoms with Crippen molar-refractivity contribution in [2.24, 2.45) is 5.73 Å². The van der Waals surface area contributed by atoms with Gasteiger partial charge in [0, 0.05) is 0 Å². The van der Waals surface area contributed by atoms with Crippen molar-refractivity contribution in [3.63, 3.8) is 0 Å². The van der Waals surface area contributed by atoms with Gasteiger partial charge >= 0.3 is 12.1 Å². The molecule has 136 valence electrons. The Bertz CT molecular complexity index is 850. The molecule has 0 aliphatic carbocycles. The molecule has 26 heavy (non-hydrogen) atoms. The number of hydrogen-bond acceptors (Lipinski definition) is 4. The number of benzene rings is 2. The number of para-hydroxylation sites is 1. The number of hydrogen-bond donors (Lipinski definition) is 2. The van der Waals surface area contributed by atoms with E-state index in [1.165, 1.54) is 30.3 Å². The normalized spacial score (nSPS) is 10.9. The minimum Gasteiger partial charge on any atom is -0.452 e. The first-order valence-electron chi connectivity index (χ1n) is 7.22. The topological polar surface area (TPSA) is 98.5 Å². The van der Waals surface area contributed by atoms with Crippen LogP contribution < -0.4 is 11.1 Å². The first-order chi connectivity index (χ1) is 12.2. The first kappa shape index (κ1) is 19.0. The molecule has 2 amide bonds. The molecule has 2 rings (SSSR count). The van der Waals surface area contributed by atoms with Crippen molar-refractivity contribution in [1.82, 2.24) is 0 Å². The van der Waals surface area contributed by atoms with Crippen molar-refractivity contribution in [3.05, 3.63) is 65.2 Å². The van der Waals surface area contributed by atoms with E-state index in [1.54, 1.807) is 0 Å². The smallest absolute Gasteiger partial charge is 0.417 e. The van der Waals surface area contributed by atoms with Gasteiger partial charge in [-0.25, -0.2) is 4.79 Å². The molecular formula is C17H13F3N2O4. The summed E-state index contributed by atoms with van der Waals surface area (Å²) in [6, 6.07) is 9.91. The second-order valence-corrected chi connectivity index (χ2v) is 5.08. The Morgan fingerprint density at radius 2 is 1.54 bits per heavy atom. The van der Waals surface area contributed by atoms with E-state index < -0.39 is 41.7 Å². The van der Waals surface area contributed by atoms with Gasteiger partial charge in [-0.1, -0.05) is 24.3 Å². The monoisotopic (exact) mass is 366 g/mol. The third kappa shape index (κ3) is 4.59. The van der Waals surface area contributed by atoms with Crippen LogP contribution in [0.5, 0.6) is 0 Å². The van der Waals surface area contributed by atoms with E-state index in [2.05, 4.69) is 10.1 Å². The summed E-state index contributed by atoms with van der Waals surface area (Å²) in [4.78, 5) is 35.0. The maximum absolute atomic E-state index is 12.9. The van der Waals surface area contributed by atoms with Crippen LogP contribution in [0.3, 0.4) is 0 Å². The Balaban J connectivity index is 2.05. The fourth-order valence-electron chi connectivity index (χ4n) is 2.11. The Morgan fingerprint density at radius 3 is 2.15 bits per heavy atom. The molecule has 2 aromatic carbocycles. The van der Waals surface area contributed by atoms with Gasteiger partial charge in [-0.05, 0) is 24.3 Å². The molecule has 0 bridgehead atoms. The van der Waals surface area contributed by atoms with Crippen LogP contribution in [-0.4, -0.2) is 24.4 Å². The van der Waals surface area contributed by atoms with Crippen LogP contribution in [0.25, 0.3) is 0 Å². The molecule has 0 heterocycles. The molecule has 0 fully saturated rings. The third-order valence-electron chi connectivity index (χ3n) is 3.25. The van der Waals surface area contributed by atoms with Gasteiger partial charge in [0.15, 0.2) is 6.61 Å². The fraction of sp³-hybridized carbons (Fsp3) is 0.118.